The number of phenols is 1. The number of amides is 1. The average Bonchev–Trinajstić information content (AvgIpc) is 2.60. The summed E-state index contributed by atoms with van der Waals surface area (Å²) >= 11 is 0. The molecule has 0 spiro atoms. The number of phenolic OH excluding ortho intramolecular Hbond substituents is 1. The molecule has 0 unspecified atom stereocenters. The van der Waals surface area contributed by atoms with Gasteiger partial charge in [-0.1, -0.05) is 42.5 Å². The third-order valence-electron chi connectivity index (χ3n) is 4.82. The van der Waals surface area contributed by atoms with Gasteiger partial charge in [-0.25, -0.2) is 0 Å². The molecule has 4 heteroatoms. The first-order valence-electron chi connectivity index (χ1n) is 8.07. The first-order valence-corrected chi connectivity index (χ1v) is 8.07. The van der Waals surface area contributed by atoms with Gasteiger partial charge in [-0.15, -0.1) is 0 Å². The van der Waals surface area contributed by atoms with Crippen LogP contribution in [0.25, 0.3) is 6.08 Å². The minimum atomic E-state index is -0.242. The summed E-state index contributed by atoms with van der Waals surface area (Å²) in [5, 5.41) is 9.90. The highest BCUT2D eigenvalue weighted by Gasteiger charge is 2.40. The third kappa shape index (κ3) is 2.31. The average molecular weight is 319 g/mol. The maximum absolute atomic E-state index is 12.9. The van der Waals surface area contributed by atoms with Gasteiger partial charge in [0, 0.05) is 18.5 Å². The van der Waals surface area contributed by atoms with Gasteiger partial charge in [-0.05, 0) is 29.7 Å². The minimum Gasteiger partial charge on any atom is -0.507 e. The minimum absolute atomic E-state index is 0.0664. The van der Waals surface area contributed by atoms with Crippen molar-refractivity contribution < 1.29 is 14.7 Å². The number of carbonyl (C=O) groups excluding carboxylic acids is 2. The third-order valence-corrected chi connectivity index (χ3v) is 4.82. The summed E-state index contributed by atoms with van der Waals surface area (Å²) in [5.41, 5.74) is 2.94. The molecule has 1 amide bonds. The van der Waals surface area contributed by atoms with Crippen molar-refractivity contribution in [3.8, 4) is 5.75 Å². The highest BCUT2D eigenvalue weighted by Crippen LogP contribution is 2.38. The number of ketones is 1. The fraction of sp³-hybridized carbons (Fsp3) is 0.200. The predicted octanol–water partition coefficient (Wildman–Crippen LogP) is 2.87. The van der Waals surface area contributed by atoms with Gasteiger partial charge in [0.05, 0.1) is 11.6 Å². The molecular formula is C20H17NO3. The second kappa shape index (κ2) is 5.64. The van der Waals surface area contributed by atoms with Crippen molar-refractivity contribution in [2.24, 2.45) is 0 Å². The second-order valence-corrected chi connectivity index (χ2v) is 6.21. The van der Waals surface area contributed by atoms with Crippen LogP contribution < -0.4 is 0 Å². The molecule has 1 atom stereocenters. The Labute approximate surface area is 140 Å². The Morgan fingerprint density at radius 1 is 1.04 bits per heavy atom. The lowest BCUT2D eigenvalue weighted by Crippen LogP contribution is -2.46. The number of rotatable bonds is 1. The van der Waals surface area contributed by atoms with E-state index in [4.69, 9.17) is 0 Å². The van der Waals surface area contributed by atoms with E-state index in [2.05, 4.69) is 6.07 Å². The molecular weight excluding hydrogens is 302 g/mol. The number of para-hydroxylation sites is 1. The van der Waals surface area contributed by atoms with Crippen molar-refractivity contribution >= 4 is 17.8 Å². The van der Waals surface area contributed by atoms with E-state index >= 15 is 0 Å². The molecule has 2 aromatic carbocycles. The number of piperidine rings is 1. The molecule has 1 N–H and O–H groups in total. The van der Waals surface area contributed by atoms with E-state index in [1.807, 2.05) is 18.2 Å². The van der Waals surface area contributed by atoms with E-state index in [0.29, 0.717) is 18.5 Å². The number of aromatic hydroxyl groups is 1. The molecule has 2 aromatic rings. The topological polar surface area (TPSA) is 57.6 Å². The van der Waals surface area contributed by atoms with E-state index in [1.165, 1.54) is 11.6 Å². The molecule has 1 fully saturated rings. The number of carbonyl (C=O) groups is 2. The van der Waals surface area contributed by atoms with Gasteiger partial charge >= 0.3 is 0 Å². The number of hydrogen-bond acceptors (Lipinski definition) is 3. The van der Waals surface area contributed by atoms with Crippen LogP contribution in [0.15, 0.2) is 54.1 Å². The molecule has 2 heterocycles. The van der Waals surface area contributed by atoms with E-state index in [-0.39, 0.29) is 29.1 Å². The molecule has 0 radical (unpaired) electrons. The van der Waals surface area contributed by atoms with Crippen LogP contribution in [0.4, 0.5) is 0 Å². The molecule has 2 aliphatic heterocycles. The molecule has 0 aliphatic carbocycles. The normalized spacial score (nSPS) is 21.6. The van der Waals surface area contributed by atoms with Gasteiger partial charge < -0.3 is 10.0 Å². The number of benzene rings is 2. The lowest BCUT2D eigenvalue weighted by molar-refractivity contribution is -0.136. The summed E-state index contributed by atoms with van der Waals surface area (Å²) in [5.74, 6) is -0.341. The largest absolute Gasteiger partial charge is 0.507 e. The highest BCUT2D eigenvalue weighted by atomic mass is 16.3. The van der Waals surface area contributed by atoms with Crippen LogP contribution in [0, 0.1) is 0 Å². The first-order chi connectivity index (χ1) is 11.6. The lowest BCUT2D eigenvalue weighted by Gasteiger charge is -2.40. The van der Waals surface area contributed by atoms with Gasteiger partial charge in [0.25, 0.3) is 5.91 Å². The first kappa shape index (κ1) is 14.7. The van der Waals surface area contributed by atoms with Gasteiger partial charge in [0.2, 0.25) is 0 Å². The Balaban J connectivity index is 1.72. The fourth-order valence-corrected chi connectivity index (χ4v) is 3.58. The van der Waals surface area contributed by atoms with Crippen molar-refractivity contribution in [1.82, 2.24) is 4.90 Å². The van der Waals surface area contributed by atoms with Crippen molar-refractivity contribution in [3.63, 3.8) is 0 Å². The van der Waals surface area contributed by atoms with E-state index in [9.17, 15) is 14.7 Å². The van der Waals surface area contributed by atoms with Crippen molar-refractivity contribution in [3.05, 3.63) is 70.8 Å². The van der Waals surface area contributed by atoms with E-state index in [1.54, 1.807) is 29.2 Å². The summed E-state index contributed by atoms with van der Waals surface area (Å²) in [6.45, 7) is 0.617. The van der Waals surface area contributed by atoms with E-state index in [0.717, 1.165) is 12.0 Å². The molecule has 0 saturated carbocycles. The summed E-state index contributed by atoms with van der Waals surface area (Å²) < 4.78 is 0. The van der Waals surface area contributed by atoms with Crippen molar-refractivity contribution in [2.75, 3.05) is 6.54 Å². The maximum atomic E-state index is 12.9. The SMILES string of the molecule is O=C1C[C@@H]2c3ccccc3CCN2C(=O)/C1=C/c1ccccc1O. The number of nitrogens with zero attached hydrogens (tertiary/aromatic N) is 1. The zero-order chi connectivity index (χ0) is 16.7. The van der Waals surface area contributed by atoms with Gasteiger partial charge in [0.15, 0.2) is 5.78 Å². The fourth-order valence-electron chi connectivity index (χ4n) is 3.58. The molecule has 4 nitrogen and oxygen atoms in total. The Morgan fingerprint density at radius 3 is 2.62 bits per heavy atom. The Bertz CT molecular complexity index is 869. The summed E-state index contributed by atoms with van der Waals surface area (Å²) in [6, 6.07) is 14.6. The number of fused-ring (bicyclic) bond motifs is 3. The van der Waals surface area contributed by atoms with Crippen molar-refractivity contribution in [1.29, 1.82) is 0 Å². The summed E-state index contributed by atoms with van der Waals surface area (Å²) in [7, 11) is 0. The molecule has 0 aromatic heterocycles. The molecule has 2 aliphatic rings. The molecule has 120 valence electrons. The van der Waals surface area contributed by atoms with Crippen LogP contribution >= 0.6 is 0 Å². The molecule has 0 bridgehead atoms. The molecule has 24 heavy (non-hydrogen) atoms. The number of hydrogen-bond donors (Lipinski definition) is 1. The second-order valence-electron chi connectivity index (χ2n) is 6.21. The van der Waals surface area contributed by atoms with Gasteiger partial charge in [0.1, 0.15) is 5.75 Å². The molecule has 1 saturated heterocycles. The van der Waals surface area contributed by atoms with Crippen LogP contribution in [-0.4, -0.2) is 28.2 Å². The van der Waals surface area contributed by atoms with E-state index < -0.39 is 0 Å². The number of Topliss-reactive ketones (excluding diaryl/α,β-unsaturated/α-hetero) is 1. The quantitative estimate of drug-likeness (QED) is 0.649. The maximum Gasteiger partial charge on any atom is 0.258 e. The van der Waals surface area contributed by atoms with Gasteiger partial charge in [-0.2, -0.15) is 0 Å². The predicted molar refractivity (Wildman–Crippen MR) is 90.3 cm³/mol. The standard InChI is InChI=1S/C20H17NO3/c22-18-8-4-2-6-14(18)11-16-19(23)12-17-15-7-3-1-5-13(15)9-10-21(17)20(16)24/h1-8,11,17,22H,9-10,12H2/b16-11+/t17-/m1/s1. The van der Waals surface area contributed by atoms with Gasteiger partial charge in [-0.3, -0.25) is 9.59 Å². The summed E-state index contributed by atoms with van der Waals surface area (Å²) in [6.07, 6.45) is 2.61. The smallest absolute Gasteiger partial charge is 0.258 e. The van der Waals surface area contributed by atoms with Crippen molar-refractivity contribution in [2.45, 2.75) is 18.9 Å². The lowest BCUT2D eigenvalue weighted by atomic mass is 9.84. The Hall–Kier alpha value is -2.88. The van der Waals surface area contributed by atoms with Crippen LogP contribution in [0.5, 0.6) is 5.75 Å². The highest BCUT2D eigenvalue weighted by molar-refractivity contribution is 6.24. The van der Waals surface area contributed by atoms with Crippen LogP contribution in [0.3, 0.4) is 0 Å². The molecule has 4 rings (SSSR count). The monoisotopic (exact) mass is 319 g/mol. The van der Waals surface area contributed by atoms with Crippen LogP contribution in [0.1, 0.15) is 29.2 Å². The zero-order valence-corrected chi connectivity index (χ0v) is 13.1. The Kier molecular flexibility index (Phi) is 3.45. The summed E-state index contributed by atoms with van der Waals surface area (Å²) in [4.78, 5) is 27.2. The Morgan fingerprint density at radius 2 is 1.79 bits per heavy atom. The zero-order valence-electron chi connectivity index (χ0n) is 13.1. The van der Waals surface area contributed by atoms with Crippen LogP contribution in [0.2, 0.25) is 0 Å². The van der Waals surface area contributed by atoms with Crippen LogP contribution in [-0.2, 0) is 16.0 Å².